The van der Waals surface area contributed by atoms with Gasteiger partial charge < -0.3 is 9.64 Å². The van der Waals surface area contributed by atoms with Crippen LogP contribution in [0.25, 0.3) is 0 Å². The largest absolute Gasteiger partial charge is 0.467 e. The number of halogens is 1. The topological polar surface area (TPSA) is 64.4 Å². The molecule has 1 amide bonds. The van der Waals surface area contributed by atoms with E-state index in [1.165, 1.54) is 18.4 Å². The summed E-state index contributed by atoms with van der Waals surface area (Å²) in [5, 5.41) is 6.65. The Morgan fingerprint density at radius 2 is 2.11 bits per heavy atom. The fraction of sp³-hybridized carbons (Fsp3) is 0.250. The molecule has 0 N–H and O–H groups in total. The minimum absolute atomic E-state index is 0.167. The van der Waals surface area contributed by atoms with Crippen LogP contribution >= 0.6 is 22.9 Å². The first-order valence-corrected chi connectivity index (χ1v) is 10.0. The Hall–Kier alpha value is -2.64. The number of hydrogen-bond donors (Lipinski definition) is 0. The SMILES string of the molecule is COC(=O)C1Cc2ccccc2CN1C(=O)c1cc(Cn2cc(Cl)cn2)cs1. The number of amides is 1. The van der Waals surface area contributed by atoms with Gasteiger partial charge in [0.2, 0.25) is 0 Å². The second kappa shape index (κ2) is 7.77. The summed E-state index contributed by atoms with van der Waals surface area (Å²) in [5.41, 5.74) is 3.09. The summed E-state index contributed by atoms with van der Waals surface area (Å²) in [4.78, 5) is 27.7. The summed E-state index contributed by atoms with van der Waals surface area (Å²) in [6, 6.07) is 9.09. The minimum Gasteiger partial charge on any atom is -0.467 e. The molecule has 0 aliphatic carbocycles. The number of hydrogen-bond acceptors (Lipinski definition) is 5. The monoisotopic (exact) mass is 415 g/mol. The van der Waals surface area contributed by atoms with Gasteiger partial charge in [0.05, 0.1) is 29.8 Å². The van der Waals surface area contributed by atoms with Crippen molar-refractivity contribution in [3.8, 4) is 0 Å². The molecule has 0 bridgehead atoms. The van der Waals surface area contributed by atoms with Crippen LogP contribution in [-0.2, 0) is 29.0 Å². The van der Waals surface area contributed by atoms with Gasteiger partial charge in [-0.2, -0.15) is 5.10 Å². The predicted molar refractivity (Wildman–Crippen MR) is 106 cm³/mol. The lowest BCUT2D eigenvalue weighted by molar-refractivity contribution is -0.146. The smallest absolute Gasteiger partial charge is 0.328 e. The molecule has 1 atom stereocenters. The fourth-order valence-electron chi connectivity index (χ4n) is 3.41. The summed E-state index contributed by atoms with van der Waals surface area (Å²) in [6.45, 7) is 0.913. The van der Waals surface area contributed by atoms with Gasteiger partial charge in [-0.05, 0) is 28.1 Å². The summed E-state index contributed by atoms with van der Waals surface area (Å²) in [5.74, 6) is -0.564. The maximum atomic E-state index is 13.2. The molecule has 1 aliphatic rings. The zero-order chi connectivity index (χ0) is 19.7. The van der Waals surface area contributed by atoms with E-state index in [1.54, 1.807) is 22.0 Å². The number of carbonyl (C=O) groups is 2. The fourth-order valence-corrected chi connectivity index (χ4v) is 4.42. The standard InChI is InChI=1S/C20H18ClN3O3S/c1-27-20(26)17-7-14-4-2-3-5-15(14)10-24(17)19(25)18-6-13(12-28-18)9-23-11-16(21)8-22-23/h2-6,8,11-12,17H,7,9-10H2,1H3. The Morgan fingerprint density at radius 3 is 2.82 bits per heavy atom. The van der Waals surface area contributed by atoms with Crippen LogP contribution in [0.4, 0.5) is 0 Å². The highest BCUT2D eigenvalue weighted by Gasteiger charge is 2.36. The first-order valence-electron chi connectivity index (χ1n) is 8.76. The Balaban J connectivity index is 1.58. The molecule has 6 nitrogen and oxygen atoms in total. The second-order valence-electron chi connectivity index (χ2n) is 6.62. The molecular formula is C20H18ClN3O3S. The van der Waals surface area contributed by atoms with Gasteiger partial charge in [0, 0.05) is 19.2 Å². The number of carbonyl (C=O) groups excluding carboxylic acids is 2. The van der Waals surface area contributed by atoms with Crippen molar-refractivity contribution in [2.75, 3.05) is 7.11 Å². The quantitative estimate of drug-likeness (QED) is 0.613. The van der Waals surface area contributed by atoms with Crippen LogP contribution in [0.15, 0.2) is 48.1 Å². The number of aromatic nitrogens is 2. The number of benzene rings is 1. The zero-order valence-electron chi connectivity index (χ0n) is 15.2. The average molecular weight is 416 g/mol. The number of fused-ring (bicyclic) bond motifs is 1. The Labute approximate surface area is 171 Å². The maximum absolute atomic E-state index is 13.2. The van der Waals surface area contributed by atoms with E-state index in [0.29, 0.717) is 29.4 Å². The van der Waals surface area contributed by atoms with Crippen molar-refractivity contribution >= 4 is 34.8 Å². The van der Waals surface area contributed by atoms with E-state index in [0.717, 1.165) is 16.7 Å². The van der Waals surface area contributed by atoms with Crippen LogP contribution in [-0.4, -0.2) is 39.7 Å². The minimum atomic E-state index is -0.622. The molecule has 3 aromatic rings. The Bertz CT molecular complexity index is 1030. The van der Waals surface area contributed by atoms with E-state index >= 15 is 0 Å². The highest BCUT2D eigenvalue weighted by atomic mass is 35.5. The van der Waals surface area contributed by atoms with Crippen LogP contribution in [0.2, 0.25) is 5.02 Å². The van der Waals surface area contributed by atoms with Gasteiger partial charge in [-0.15, -0.1) is 11.3 Å². The molecule has 0 saturated heterocycles. The molecule has 3 heterocycles. The van der Waals surface area contributed by atoms with Gasteiger partial charge in [0.25, 0.3) is 5.91 Å². The molecule has 2 aromatic heterocycles. The second-order valence-corrected chi connectivity index (χ2v) is 7.97. The molecule has 28 heavy (non-hydrogen) atoms. The van der Waals surface area contributed by atoms with Crippen molar-refractivity contribution in [2.24, 2.45) is 0 Å². The van der Waals surface area contributed by atoms with Crippen LogP contribution in [0.1, 0.15) is 26.4 Å². The number of rotatable bonds is 4. The van der Waals surface area contributed by atoms with Crippen LogP contribution in [0.5, 0.6) is 0 Å². The van der Waals surface area contributed by atoms with Crippen molar-refractivity contribution in [1.29, 1.82) is 0 Å². The van der Waals surface area contributed by atoms with E-state index in [9.17, 15) is 9.59 Å². The number of ether oxygens (including phenoxy) is 1. The summed E-state index contributed by atoms with van der Waals surface area (Å²) < 4.78 is 6.67. The summed E-state index contributed by atoms with van der Waals surface area (Å²) >= 11 is 7.26. The van der Waals surface area contributed by atoms with Gasteiger partial charge in [0.1, 0.15) is 6.04 Å². The molecule has 1 aliphatic heterocycles. The molecule has 8 heteroatoms. The number of esters is 1. The lowest BCUT2D eigenvalue weighted by Crippen LogP contribution is -2.49. The molecular weight excluding hydrogens is 398 g/mol. The summed E-state index contributed by atoms with van der Waals surface area (Å²) in [6.07, 6.45) is 3.76. The van der Waals surface area contributed by atoms with E-state index in [4.69, 9.17) is 16.3 Å². The molecule has 0 spiro atoms. The zero-order valence-corrected chi connectivity index (χ0v) is 16.7. The first-order chi connectivity index (χ1) is 13.5. The van der Waals surface area contributed by atoms with Gasteiger partial charge in [-0.3, -0.25) is 9.48 Å². The third-order valence-corrected chi connectivity index (χ3v) is 5.96. The number of nitrogens with zero attached hydrogens (tertiary/aromatic N) is 3. The van der Waals surface area contributed by atoms with Gasteiger partial charge >= 0.3 is 5.97 Å². The molecule has 0 radical (unpaired) electrons. The van der Waals surface area contributed by atoms with Crippen LogP contribution in [0, 0.1) is 0 Å². The number of methoxy groups -OCH3 is 1. The van der Waals surface area contributed by atoms with Gasteiger partial charge in [-0.1, -0.05) is 35.9 Å². The van der Waals surface area contributed by atoms with Crippen molar-refractivity contribution in [3.05, 3.63) is 74.7 Å². The van der Waals surface area contributed by atoms with Gasteiger partial charge in [0.15, 0.2) is 0 Å². The maximum Gasteiger partial charge on any atom is 0.328 e. The average Bonchev–Trinajstić information content (AvgIpc) is 3.35. The molecule has 4 rings (SSSR count). The lowest BCUT2D eigenvalue weighted by Gasteiger charge is -2.34. The summed E-state index contributed by atoms with van der Waals surface area (Å²) in [7, 11) is 1.35. The first kappa shape index (κ1) is 18.7. The highest BCUT2D eigenvalue weighted by Crippen LogP contribution is 2.27. The van der Waals surface area contributed by atoms with E-state index in [2.05, 4.69) is 5.10 Å². The highest BCUT2D eigenvalue weighted by molar-refractivity contribution is 7.12. The van der Waals surface area contributed by atoms with Crippen molar-refractivity contribution in [2.45, 2.75) is 25.6 Å². The third kappa shape index (κ3) is 3.68. The molecule has 144 valence electrons. The van der Waals surface area contributed by atoms with E-state index in [1.807, 2.05) is 35.7 Å². The van der Waals surface area contributed by atoms with Crippen molar-refractivity contribution in [1.82, 2.24) is 14.7 Å². The lowest BCUT2D eigenvalue weighted by atomic mass is 9.93. The molecule has 0 fully saturated rings. The molecule has 1 unspecified atom stereocenters. The third-order valence-electron chi connectivity index (χ3n) is 4.79. The van der Waals surface area contributed by atoms with E-state index < -0.39 is 12.0 Å². The van der Waals surface area contributed by atoms with Crippen molar-refractivity contribution < 1.29 is 14.3 Å². The van der Waals surface area contributed by atoms with Crippen LogP contribution in [0.3, 0.4) is 0 Å². The number of thiophene rings is 1. The van der Waals surface area contributed by atoms with Crippen LogP contribution < -0.4 is 0 Å². The van der Waals surface area contributed by atoms with Crippen molar-refractivity contribution in [3.63, 3.8) is 0 Å². The van der Waals surface area contributed by atoms with E-state index in [-0.39, 0.29) is 5.91 Å². The van der Waals surface area contributed by atoms with Gasteiger partial charge in [-0.25, -0.2) is 4.79 Å². The molecule has 1 aromatic carbocycles. The Morgan fingerprint density at radius 1 is 1.32 bits per heavy atom. The molecule has 0 saturated carbocycles. The normalized spacial score (nSPS) is 15.9. The predicted octanol–water partition coefficient (Wildman–Crippen LogP) is 3.39. The Kier molecular flexibility index (Phi) is 5.19.